The minimum atomic E-state index is -0.313. The van der Waals surface area contributed by atoms with Crippen LogP contribution in [-0.4, -0.2) is 39.7 Å². The second-order valence-electron chi connectivity index (χ2n) is 10.5. The molecule has 1 aromatic heterocycles. The van der Waals surface area contributed by atoms with Crippen molar-refractivity contribution >= 4 is 39.4 Å². The van der Waals surface area contributed by atoms with Gasteiger partial charge in [-0.1, -0.05) is 68.7 Å². The number of anilines is 2. The van der Waals surface area contributed by atoms with Crippen molar-refractivity contribution < 1.29 is 9.59 Å². The number of urea groups is 1. The first kappa shape index (κ1) is 27.5. The predicted molar refractivity (Wildman–Crippen MR) is 150 cm³/mol. The Balaban J connectivity index is 1.82. The molecule has 3 amide bonds. The number of hydrogen-bond donors (Lipinski definition) is 2. The van der Waals surface area contributed by atoms with Gasteiger partial charge in [-0.25, -0.2) is 9.48 Å². The van der Waals surface area contributed by atoms with Crippen molar-refractivity contribution in [2.45, 2.75) is 53.4 Å². The van der Waals surface area contributed by atoms with Crippen LogP contribution in [0.4, 0.5) is 16.3 Å². The zero-order valence-corrected chi connectivity index (χ0v) is 23.5. The summed E-state index contributed by atoms with van der Waals surface area (Å²) in [7, 11) is 0. The van der Waals surface area contributed by atoms with Crippen LogP contribution in [0, 0.1) is 12.8 Å². The Morgan fingerprint density at radius 1 is 1.06 bits per heavy atom. The molecule has 2 aromatic carbocycles. The van der Waals surface area contributed by atoms with Gasteiger partial charge < -0.3 is 15.5 Å². The molecule has 0 bridgehead atoms. The van der Waals surface area contributed by atoms with E-state index in [0.717, 1.165) is 27.8 Å². The number of carbonyl (C=O) groups excluding carboxylic acids is 2. The Labute approximate surface area is 222 Å². The Morgan fingerprint density at radius 2 is 1.78 bits per heavy atom. The summed E-state index contributed by atoms with van der Waals surface area (Å²) in [5.74, 6) is 0.690. The van der Waals surface area contributed by atoms with E-state index in [4.69, 9.17) is 5.10 Å². The van der Waals surface area contributed by atoms with Crippen LogP contribution in [0.3, 0.4) is 0 Å². The number of aromatic nitrogens is 2. The average molecular weight is 555 g/mol. The number of carbonyl (C=O) groups is 2. The van der Waals surface area contributed by atoms with Crippen molar-refractivity contribution in [3.05, 3.63) is 70.3 Å². The Bertz CT molecular complexity index is 1210. The zero-order valence-electron chi connectivity index (χ0n) is 21.9. The maximum absolute atomic E-state index is 13.2. The second-order valence-corrected chi connectivity index (χ2v) is 11.4. The number of rotatable bonds is 8. The van der Waals surface area contributed by atoms with Gasteiger partial charge in [-0.15, -0.1) is 0 Å². The fourth-order valence-corrected chi connectivity index (χ4v) is 3.98. The molecule has 36 heavy (non-hydrogen) atoms. The average Bonchev–Trinajstić information content (AvgIpc) is 3.20. The van der Waals surface area contributed by atoms with Crippen LogP contribution in [0.15, 0.2) is 59.1 Å². The van der Waals surface area contributed by atoms with Crippen LogP contribution in [0.25, 0.3) is 5.69 Å². The summed E-state index contributed by atoms with van der Waals surface area (Å²) in [6, 6.07) is 16.9. The lowest BCUT2D eigenvalue weighted by Gasteiger charge is -2.23. The molecular formula is C28H36BrN5O2. The SMILES string of the molecule is Cc1cccc(-n2nc(C(C)(C)C)cc2NC(=O)CN(CCC(C)C)C(=O)Nc2cccc(Br)c2)c1. The van der Waals surface area contributed by atoms with Crippen LogP contribution in [0.1, 0.15) is 52.3 Å². The number of amides is 3. The molecule has 3 aromatic rings. The van der Waals surface area contributed by atoms with E-state index in [-0.39, 0.29) is 23.9 Å². The normalized spacial score (nSPS) is 11.4. The van der Waals surface area contributed by atoms with Crippen LogP contribution < -0.4 is 10.6 Å². The van der Waals surface area contributed by atoms with Crippen LogP contribution >= 0.6 is 15.9 Å². The molecule has 0 aliphatic rings. The predicted octanol–water partition coefficient (Wildman–Crippen LogP) is 6.76. The number of benzene rings is 2. The van der Waals surface area contributed by atoms with E-state index in [1.165, 1.54) is 0 Å². The molecule has 7 nitrogen and oxygen atoms in total. The highest BCUT2D eigenvalue weighted by atomic mass is 79.9. The Hall–Kier alpha value is -3.13. The number of nitrogens with zero attached hydrogens (tertiary/aromatic N) is 3. The van der Waals surface area contributed by atoms with E-state index < -0.39 is 0 Å². The number of aryl methyl sites for hydroxylation is 1. The third-order valence-electron chi connectivity index (χ3n) is 5.67. The lowest BCUT2D eigenvalue weighted by atomic mass is 9.92. The van der Waals surface area contributed by atoms with E-state index in [1.54, 1.807) is 9.58 Å². The van der Waals surface area contributed by atoms with Gasteiger partial charge in [-0.2, -0.15) is 5.10 Å². The van der Waals surface area contributed by atoms with Crippen LogP contribution in [0.2, 0.25) is 0 Å². The lowest BCUT2D eigenvalue weighted by molar-refractivity contribution is -0.116. The number of hydrogen-bond acceptors (Lipinski definition) is 3. The Kier molecular flexibility index (Phi) is 8.95. The molecule has 0 aliphatic carbocycles. The van der Waals surface area contributed by atoms with Gasteiger partial charge in [0.2, 0.25) is 5.91 Å². The number of halogens is 1. The molecule has 8 heteroatoms. The van der Waals surface area contributed by atoms with E-state index in [2.05, 4.69) is 61.2 Å². The van der Waals surface area contributed by atoms with Crippen molar-refractivity contribution in [1.82, 2.24) is 14.7 Å². The van der Waals surface area contributed by atoms with Gasteiger partial charge in [0.15, 0.2) is 0 Å². The molecule has 2 N–H and O–H groups in total. The van der Waals surface area contributed by atoms with Crippen molar-refractivity contribution in [2.24, 2.45) is 5.92 Å². The molecule has 1 heterocycles. The highest BCUT2D eigenvalue weighted by Crippen LogP contribution is 2.26. The maximum atomic E-state index is 13.2. The van der Waals surface area contributed by atoms with Gasteiger partial charge in [0.1, 0.15) is 12.4 Å². The topological polar surface area (TPSA) is 79.3 Å². The summed E-state index contributed by atoms with van der Waals surface area (Å²) in [6.45, 7) is 12.9. The largest absolute Gasteiger partial charge is 0.322 e. The highest BCUT2D eigenvalue weighted by Gasteiger charge is 2.23. The first-order valence-electron chi connectivity index (χ1n) is 12.2. The molecule has 0 atom stereocenters. The summed E-state index contributed by atoms with van der Waals surface area (Å²) in [4.78, 5) is 27.8. The summed E-state index contributed by atoms with van der Waals surface area (Å²) in [6.07, 6.45) is 0.786. The first-order chi connectivity index (χ1) is 16.9. The van der Waals surface area contributed by atoms with Gasteiger partial charge in [-0.3, -0.25) is 4.79 Å². The molecule has 0 saturated heterocycles. The van der Waals surface area contributed by atoms with E-state index >= 15 is 0 Å². The van der Waals surface area contributed by atoms with Gasteiger partial charge in [0, 0.05) is 28.2 Å². The second kappa shape index (κ2) is 11.7. The molecule has 0 unspecified atom stereocenters. The van der Waals surface area contributed by atoms with Crippen LogP contribution in [-0.2, 0) is 10.2 Å². The first-order valence-corrected chi connectivity index (χ1v) is 13.0. The fraction of sp³-hybridized carbons (Fsp3) is 0.393. The molecular weight excluding hydrogens is 518 g/mol. The molecule has 0 aliphatic heterocycles. The van der Waals surface area contributed by atoms with Gasteiger partial charge in [0.25, 0.3) is 0 Å². The summed E-state index contributed by atoms with van der Waals surface area (Å²) < 4.78 is 2.62. The third kappa shape index (κ3) is 7.68. The standard InChI is InChI=1S/C28H36BrN5O2/c1-19(2)13-14-33(27(36)30-22-11-8-10-21(29)16-22)18-26(35)31-25-17-24(28(4,5)6)32-34(25)23-12-7-9-20(3)15-23/h7-12,15-17,19H,13-14,18H2,1-6H3,(H,30,36)(H,31,35). The third-order valence-corrected chi connectivity index (χ3v) is 6.16. The fourth-order valence-electron chi connectivity index (χ4n) is 3.58. The minimum Gasteiger partial charge on any atom is -0.315 e. The minimum absolute atomic E-state index is 0.0730. The molecule has 192 valence electrons. The molecule has 0 spiro atoms. The van der Waals surface area contributed by atoms with E-state index in [0.29, 0.717) is 24.0 Å². The zero-order chi connectivity index (χ0) is 26.5. The van der Waals surface area contributed by atoms with Gasteiger partial charge >= 0.3 is 6.03 Å². The lowest BCUT2D eigenvalue weighted by Crippen LogP contribution is -2.41. The van der Waals surface area contributed by atoms with Crippen molar-refractivity contribution in [1.29, 1.82) is 0 Å². The summed E-state index contributed by atoms with van der Waals surface area (Å²) in [5.41, 5.74) is 3.30. The van der Waals surface area contributed by atoms with Gasteiger partial charge in [0.05, 0.1) is 11.4 Å². The van der Waals surface area contributed by atoms with Crippen LogP contribution in [0.5, 0.6) is 0 Å². The van der Waals surface area contributed by atoms with Crippen molar-refractivity contribution in [3.8, 4) is 5.69 Å². The van der Waals surface area contributed by atoms with E-state index in [1.807, 2.05) is 61.5 Å². The van der Waals surface area contributed by atoms with Gasteiger partial charge in [-0.05, 0) is 55.2 Å². The quantitative estimate of drug-likeness (QED) is 0.323. The Morgan fingerprint density at radius 3 is 2.42 bits per heavy atom. The summed E-state index contributed by atoms with van der Waals surface area (Å²) in [5, 5.41) is 10.7. The number of nitrogens with one attached hydrogen (secondary N) is 2. The maximum Gasteiger partial charge on any atom is 0.322 e. The van der Waals surface area contributed by atoms with E-state index in [9.17, 15) is 9.59 Å². The van der Waals surface area contributed by atoms with Crippen molar-refractivity contribution in [2.75, 3.05) is 23.7 Å². The molecule has 0 saturated carbocycles. The highest BCUT2D eigenvalue weighted by molar-refractivity contribution is 9.10. The van der Waals surface area contributed by atoms with Crippen molar-refractivity contribution in [3.63, 3.8) is 0 Å². The molecule has 3 rings (SSSR count). The smallest absolute Gasteiger partial charge is 0.315 e. The molecule has 0 radical (unpaired) electrons. The molecule has 0 fully saturated rings. The monoisotopic (exact) mass is 553 g/mol. The summed E-state index contributed by atoms with van der Waals surface area (Å²) >= 11 is 3.43.